The van der Waals surface area contributed by atoms with E-state index in [4.69, 9.17) is 4.74 Å². The van der Waals surface area contributed by atoms with Crippen LogP contribution in [0, 0.1) is 5.82 Å². The Morgan fingerprint density at radius 3 is 2.58 bits per heavy atom. The number of esters is 1. The van der Waals surface area contributed by atoms with Crippen molar-refractivity contribution in [1.29, 1.82) is 0 Å². The highest BCUT2D eigenvalue weighted by Crippen LogP contribution is 2.15. The Kier molecular flexibility index (Phi) is 6.84. The summed E-state index contributed by atoms with van der Waals surface area (Å²) in [6, 6.07) is 12.4. The van der Waals surface area contributed by atoms with Crippen molar-refractivity contribution in [1.82, 2.24) is 5.32 Å². The van der Waals surface area contributed by atoms with Crippen molar-refractivity contribution in [3.8, 4) is 0 Å². The Labute approximate surface area is 150 Å². The monoisotopic (exact) mass is 358 g/mol. The number of benzene rings is 2. The average molecular weight is 358 g/mol. The van der Waals surface area contributed by atoms with E-state index in [0.29, 0.717) is 5.69 Å². The van der Waals surface area contributed by atoms with Gasteiger partial charge >= 0.3 is 5.97 Å². The van der Waals surface area contributed by atoms with E-state index < -0.39 is 36.8 Å². The molecule has 7 heteroatoms. The summed E-state index contributed by atoms with van der Waals surface area (Å²) >= 11 is 0. The van der Waals surface area contributed by atoms with Gasteiger partial charge in [0.1, 0.15) is 12.4 Å². The van der Waals surface area contributed by atoms with Crippen LogP contribution in [0.15, 0.2) is 48.5 Å². The van der Waals surface area contributed by atoms with Crippen molar-refractivity contribution < 1.29 is 23.5 Å². The first kappa shape index (κ1) is 19.1. The van der Waals surface area contributed by atoms with Gasteiger partial charge in [0, 0.05) is 11.3 Å². The molecule has 0 saturated heterocycles. The highest BCUT2D eigenvalue weighted by Gasteiger charge is 2.12. The topological polar surface area (TPSA) is 84.5 Å². The Hall–Kier alpha value is -3.22. The van der Waals surface area contributed by atoms with Crippen molar-refractivity contribution in [3.63, 3.8) is 0 Å². The first-order valence-corrected chi connectivity index (χ1v) is 8.06. The van der Waals surface area contributed by atoms with Gasteiger partial charge in [-0.05, 0) is 36.2 Å². The van der Waals surface area contributed by atoms with Crippen LogP contribution in [-0.4, -0.2) is 30.9 Å². The lowest BCUT2D eigenvalue weighted by Crippen LogP contribution is -2.32. The fourth-order valence-electron chi connectivity index (χ4n) is 2.22. The number of rotatable bonds is 7. The first-order chi connectivity index (χ1) is 12.5. The molecular weight excluding hydrogens is 339 g/mol. The molecule has 0 aliphatic rings. The van der Waals surface area contributed by atoms with Crippen LogP contribution in [0.4, 0.5) is 10.1 Å². The number of anilines is 1. The predicted octanol–water partition coefficient (Wildman–Crippen LogP) is 2.30. The second-order valence-electron chi connectivity index (χ2n) is 5.41. The van der Waals surface area contributed by atoms with E-state index in [9.17, 15) is 18.8 Å². The summed E-state index contributed by atoms with van der Waals surface area (Å²) in [6.45, 7) is 1.08. The van der Waals surface area contributed by atoms with Crippen molar-refractivity contribution in [2.24, 2.45) is 0 Å². The van der Waals surface area contributed by atoms with Crippen LogP contribution < -0.4 is 10.6 Å². The maximum absolute atomic E-state index is 13.1. The number of halogens is 1. The minimum Gasteiger partial charge on any atom is -0.454 e. The molecule has 2 amide bonds. The molecule has 2 rings (SSSR count). The van der Waals surface area contributed by atoms with Gasteiger partial charge in [-0.2, -0.15) is 0 Å². The van der Waals surface area contributed by atoms with Crippen molar-refractivity contribution in [2.45, 2.75) is 13.3 Å². The third-order valence-corrected chi connectivity index (χ3v) is 3.52. The van der Waals surface area contributed by atoms with E-state index in [2.05, 4.69) is 10.6 Å². The quantitative estimate of drug-likeness (QED) is 0.744. The van der Waals surface area contributed by atoms with Gasteiger partial charge in [0.15, 0.2) is 6.61 Å². The Morgan fingerprint density at radius 2 is 1.85 bits per heavy atom. The molecule has 2 aromatic carbocycles. The van der Waals surface area contributed by atoms with Gasteiger partial charge in [0.2, 0.25) is 0 Å². The van der Waals surface area contributed by atoms with Gasteiger partial charge in [-0.15, -0.1) is 0 Å². The number of amides is 2. The van der Waals surface area contributed by atoms with Crippen LogP contribution >= 0.6 is 0 Å². The summed E-state index contributed by atoms with van der Waals surface area (Å²) in [6.07, 6.45) is 0.752. The number of carbonyl (C=O) groups excluding carboxylic acids is 3. The number of aryl methyl sites for hydroxylation is 1. The van der Waals surface area contributed by atoms with E-state index in [1.54, 1.807) is 12.1 Å². The maximum Gasteiger partial charge on any atom is 0.325 e. The molecule has 0 saturated carbocycles. The maximum atomic E-state index is 13.1. The minimum atomic E-state index is -0.770. The second-order valence-corrected chi connectivity index (χ2v) is 5.41. The molecule has 0 radical (unpaired) electrons. The van der Waals surface area contributed by atoms with Crippen LogP contribution in [0.25, 0.3) is 0 Å². The molecule has 2 N–H and O–H groups in total. The fourth-order valence-corrected chi connectivity index (χ4v) is 2.22. The average Bonchev–Trinajstić information content (AvgIpc) is 2.64. The van der Waals surface area contributed by atoms with Gasteiger partial charge in [-0.25, -0.2) is 4.39 Å². The molecule has 0 bridgehead atoms. The Morgan fingerprint density at radius 1 is 1.08 bits per heavy atom. The molecule has 0 aliphatic carbocycles. The Bertz CT molecular complexity index is 808. The van der Waals surface area contributed by atoms with Crippen LogP contribution in [0.2, 0.25) is 0 Å². The van der Waals surface area contributed by atoms with Crippen molar-refractivity contribution in [3.05, 3.63) is 65.5 Å². The summed E-state index contributed by atoms with van der Waals surface area (Å²) in [5.74, 6) is -2.41. The zero-order valence-electron chi connectivity index (χ0n) is 14.3. The largest absolute Gasteiger partial charge is 0.454 e. The molecule has 0 aliphatic heterocycles. The normalized spacial score (nSPS) is 10.1. The number of hydrogen-bond acceptors (Lipinski definition) is 4. The van der Waals surface area contributed by atoms with Crippen LogP contribution in [-0.2, 0) is 20.7 Å². The number of nitrogens with one attached hydrogen (secondary N) is 2. The third-order valence-electron chi connectivity index (χ3n) is 3.52. The summed E-state index contributed by atoms with van der Waals surface area (Å²) < 4.78 is 17.9. The van der Waals surface area contributed by atoms with E-state index in [0.717, 1.165) is 18.1 Å². The molecular formula is C19H19FN2O4. The third kappa shape index (κ3) is 5.70. The zero-order valence-corrected chi connectivity index (χ0v) is 14.3. The molecule has 0 fully saturated rings. The molecule has 26 heavy (non-hydrogen) atoms. The molecule has 2 aromatic rings. The molecule has 0 heterocycles. The highest BCUT2D eigenvalue weighted by atomic mass is 19.1. The molecule has 0 spiro atoms. The van der Waals surface area contributed by atoms with Crippen LogP contribution in [0.1, 0.15) is 22.8 Å². The summed E-state index contributed by atoms with van der Waals surface area (Å²) in [4.78, 5) is 35.3. The van der Waals surface area contributed by atoms with Gasteiger partial charge in [-0.3, -0.25) is 14.4 Å². The number of hydrogen-bond donors (Lipinski definition) is 2. The van der Waals surface area contributed by atoms with Crippen LogP contribution in [0.3, 0.4) is 0 Å². The summed E-state index contributed by atoms with van der Waals surface area (Å²) in [5.41, 5.74) is 1.72. The van der Waals surface area contributed by atoms with Crippen molar-refractivity contribution >= 4 is 23.5 Å². The zero-order chi connectivity index (χ0) is 18.9. The minimum absolute atomic E-state index is 0.0896. The molecule has 0 atom stereocenters. The Balaban J connectivity index is 1.76. The number of carbonyl (C=O) groups is 3. The lowest BCUT2D eigenvalue weighted by molar-refractivity contribution is -0.146. The predicted molar refractivity (Wildman–Crippen MR) is 94.1 cm³/mol. The van der Waals surface area contributed by atoms with Crippen molar-refractivity contribution in [2.75, 3.05) is 18.5 Å². The molecule has 0 aromatic heterocycles. The SMILES string of the molecule is CCc1ccccc1NC(=O)COC(=O)CNC(=O)c1cccc(F)c1. The summed E-state index contributed by atoms with van der Waals surface area (Å²) in [7, 11) is 0. The second kappa shape index (κ2) is 9.31. The fraction of sp³-hybridized carbons (Fsp3) is 0.211. The van der Waals surface area contributed by atoms with E-state index in [1.165, 1.54) is 18.2 Å². The standard InChI is InChI=1S/C19H19FN2O4/c1-2-13-6-3-4-9-16(13)22-17(23)12-26-18(24)11-21-19(25)14-7-5-8-15(20)10-14/h3-10H,2,11-12H2,1H3,(H,21,25)(H,22,23). The smallest absolute Gasteiger partial charge is 0.325 e. The lowest BCUT2D eigenvalue weighted by Gasteiger charge is -2.10. The molecule has 0 unspecified atom stereocenters. The van der Waals surface area contributed by atoms with Gasteiger partial charge < -0.3 is 15.4 Å². The molecule has 6 nitrogen and oxygen atoms in total. The van der Waals surface area contributed by atoms with Gasteiger partial charge in [-0.1, -0.05) is 31.2 Å². The van der Waals surface area contributed by atoms with Crippen LogP contribution in [0.5, 0.6) is 0 Å². The van der Waals surface area contributed by atoms with Gasteiger partial charge in [0.05, 0.1) is 0 Å². The first-order valence-electron chi connectivity index (χ1n) is 8.06. The number of ether oxygens (including phenoxy) is 1. The molecule has 136 valence electrons. The van der Waals surface area contributed by atoms with Gasteiger partial charge in [0.25, 0.3) is 11.8 Å². The highest BCUT2D eigenvalue weighted by molar-refractivity contribution is 5.96. The number of para-hydroxylation sites is 1. The van der Waals surface area contributed by atoms with E-state index in [-0.39, 0.29) is 5.56 Å². The lowest BCUT2D eigenvalue weighted by atomic mass is 10.1. The van der Waals surface area contributed by atoms with E-state index in [1.807, 2.05) is 19.1 Å². The van der Waals surface area contributed by atoms with E-state index >= 15 is 0 Å². The summed E-state index contributed by atoms with van der Waals surface area (Å²) in [5, 5.41) is 4.97.